The summed E-state index contributed by atoms with van der Waals surface area (Å²) >= 11 is 4.28. The Morgan fingerprint density at radius 1 is 0.324 bits per heavy atom. The van der Waals surface area contributed by atoms with Crippen molar-refractivity contribution in [3.63, 3.8) is 0 Å². The van der Waals surface area contributed by atoms with Crippen molar-refractivity contribution in [1.82, 2.24) is 0 Å². The maximum absolute atomic E-state index is 10.8. The molecule has 224 valence electrons. The molecule has 0 amide bonds. The first kappa shape index (κ1) is 37.5. The molecule has 0 rings (SSSR count). The molecule has 0 atom stereocenters. The zero-order valence-corrected chi connectivity index (χ0v) is 26.6. The predicted octanol–water partition coefficient (Wildman–Crippen LogP) is 11.8. The Balaban J connectivity index is 3.04. The van der Waals surface area contributed by atoms with Gasteiger partial charge in [0.25, 0.3) is 0 Å². The summed E-state index contributed by atoms with van der Waals surface area (Å²) in [6, 6.07) is 0. The van der Waals surface area contributed by atoms with Gasteiger partial charge >= 0.3 is 7.60 Å². The minimum absolute atomic E-state index is 0.0609. The standard InChI is InChI=1S/C32H67O3PS/c33-36(34,35)31-29-27-25-23-21-19-17-15-13-11-9-7-5-3-1-2-4-6-8-10-12-14-16-18-20-22-24-26-28-30-32-37/h37H,1-32H2,(H2,33,34,35). The van der Waals surface area contributed by atoms with E-state index in [0.717, 1.165) is 18.6 Å². The van der Waals surface area contributed by atoms with Crippen LogP contribution < -0.4 is 0 Å². The van der Waals surface area contributed by atoms with E-state index in [9.17, 15) is 4.57 Å². The summed E-state index contributed by atoms with van der Waals surface area (Å²) < 4.78 is 10.8. The van der Waals surface area contributed by atoms with Crippen molar-refractivity contribution >= 4 is 20.2 Å². The Morgan fingerprint density at radius 2 is 0.486 bits per heavy atom. The van der Waals surface area contributed by atoms with Crippen LogP contribution in [-0.4, -0.2) is 21.7 Å². The van der Waals surface area contributed by atoms with Crippen molar-refractivity contribution < 1.29 is 14.4 Å². The van der Waals surface area contributed by atoms with Crippen LogP contribution in [0.3, 0.4) is 0 Å². The zero-order valence-electron chi connectivity index (χ0n) is 24.8. The molecule has 0 bridgehead atoms. The molecule has 0 aromatic heterocycles. The average Bonchev–Trinajstić information content (AvgIpc) is 2.86. The second-order valence-corrected chi connectivity index (χ2v) is 13.9. The van der Waals surface area contributed by atoms with Crippen LogP contribution in [-0.2, 0) is 4.57 Å². The van der Waals surface area contributed by atoms with Gasteiger partial charge in [-0.3, -0.25) is 4.57 Å². The second kappa shape index (κ2) is 31.0. The SMILES string of the molecule is O=P(O)(O)CCCCCCCCCCCCCCCCCCCCCCCCCCCCCCCCS. The summed E-state index contributed by atoms with van der Waals surface area (Å²) in [7, 11) is -3.77. The molecular formula is C32H67O3PS. The van der Waals surface area contributed by atoms with Crippen LogP contribution in [0.1, 0.15) is 193 Å². The molecule has 2 N–H and O–H groups in total. The van der Waals surface area contributed by atoms with Crippen molar-refractivity contribution in [3.05, 3.63) is 0 Å². The third-order valence-corrected chi connectivity index (χ3v) is 9.07. The molecule has 0 aliphatic heterocycles. The highest BCUT2D eigenvalue weighted by Crippen LogP contribution is 2.35. The minimum Gasteiger partial charge on any atom is -0.324 e. The lowest BCUT2D eigenvalue weighted by Crippen LogP contribution is -1.88. The number of hydrogen-bond donors (Lipinski definition) is 3. The molecule has 0 aromatic rings. The minimum atomic E-state index is -3.77. The molecule has 5 heteroatoms. The normalized spacial score (nSPS) is 12.0. The van der Waals surface area contributed by atoms with Crippen molar-refractivity contribution in [2.45, 2.75) is 193 Å². The first-order valence-electron chi connectivity index (χ1n) is 16.7. The van der Waals surface area contributed by atoms with E-state index in [1.54, 1.807) is 0 Å². The highest BCUT2D eigenvalue weighted by Gasteiger charge is 2.10. The fourth-order valence-electron chi connectivity index (χ4n) is 5.38. The summed E-state index contributed by atoms with van der Waals surface area (Å²) in [6.45, 7) is 0. The van der Waals surface area contributed by atoms with E-state index in [-0.39, 0.29) is 6.16 Å². The predicted molar refractivity (Wildman–Crippen MR) is 169 cm³/mol. The molecule has 0 saturated heterocycles. The van der Waals surface area contributed by atoms with E-state index in [2.05, 4.69) is 12.6 Å². The van der Waals surface area contributed by atoms with Crippen LogP contribution >= 0.6 is 20.2 Å². The third-order valence-electron chi connectivity index (χ3n) is 7.86. The Bertz CT molecular complexity index is 469. The lowest BCUT2D eigenvalue weighted by Gasteiger charge is -2.05. The van der Waals surface area contributed by atoms with Crippen molar-refractivity contribution in [2.75, 3.05) is 11.9 Å². The van der Waals surface area contributed by atoms with E-state index in [4.69, 9.17) is 9.79 Å². The lowest BCUT2D eigenvalue weighted by molar-refractivity contribution is 0.370. The molecule has 37 heavy (non-hydrogen) atoms. The van der Waals surface area contributed by atoms with Gasteiger partial charge in [0.1, 0.15) is 0 Å². The molecule has 0 aliphatic rings. The smallest absolute Gasteiger partial charge is 0.324 e. The van der Waals surface area contributed by atoms with Crippen LogP contribution in [0.4, 0.5) is 0 Å². The number of hydrogen-bond acceptors (Lipinski definition) is 2. The highest BCUT2D eigenvalue weighted by molar-refractivity contribution is 7.80. The lowest BCUT2D eigenvalue weighted by atomic mass is 10.0. The first-order chi connectivity index (χ1) is 18.1. The molecule has 0 heterocycles. The third kappa shape index (κ3) is 36.5. The highest BCUT2D eigenvalue weighted by atomic mass is 32.1. The quantitative estimate of drug-likeness (QED) is 0.0434. The summed E-state index contributed by atoms with van der Waals surface area (Å²) in [4.78, 5) is 17.7. The van der Waals surface area contributed by atoms with Crippen molar-refractivity contribution in [2.24, 2.45) is 0 Å². The van der Waals surface area contributed by atoms with Gasteiger partial charge in [0.2, 0.25) is 0 Å². The zero-order chi connectivity index (χ0) is 27.1. The molecule has 0 spiro atoms. The topological polar surface area (TPSA) is 57.5 Å². The van der Waals surface area contributed by atoms with Crippen LogP contribution in [0.15, 0.2) is 0 Å². The molecule has 0 aromatic carbocycles. The summed E-state index contributed by atoms with van der Waals surface area (Å²) in [5.41, 5.74) is 0. The van der Waals surface area contributed by atoms with E-state index in [1.807, 2.05) is 0 Å². The summed E-state index contributed by atoms with van der Waals surface area (Å²) in [6.07, 6.45) is 41.0. The van der Waals surface area contributed by atoms with Crippen LogP contribution in [0.5, 0.6) is 0 Å². The monoisotopic (exact) mass is 562 g/mol. The van der Waals surface area contributed by atoms with E-state index < -0.39 is 7.60 Å². The van der Waals surface area contributed by atoms with Gasteiger partial charge in [-0.1, -0.05) is 180 Å². The molecule has 0 radical (unpaired) electrons. The molecule has 3 nitrogen and oxygen atoms in total. The van der Waals surface area contributed by atoms with Crippen LogP contribution in [0, 0.1) is 0 Å². The van der Waals surface area contributed by atoms with Gasteiger partial charge in [0.15, 0.2) is 0 Å². The molecular weight excluding hydrogens is 495 g/mol. The molecule has 0 aliphatic carbocycles. The van der Waals surface area contributed by atoms with E-state index in [0.29, 0.717) is 6.42 Å². The van der Waals surface area contributed by atoms with Gasteiger partial charge < -0.3 is 9.79 Å². The molecule has 0 unspecified atom stereocenters. The van der Waals surface area contributed by atoms with Gasteiger partial charge in [0, 0.05) is 6.16 Å². The van der Waals surface area contributed by atoms with Crippen molar-refractivity contribution in [3.8, 4) is 0 Å². The van der Waals surface area contributed by atoms with Gasteiger partial charge in [-0.25, -0.2) is 0 Å². The second-order valence-electron chi connectivity index (χ2n) is 11.7. The Morgan fingerprint density at radius 3 is 0.649 bits per heavy atom. The largest absolute Gasteiger partial charge is 0.325 e. The van der Waals surface area contributed by atoms with E-state index in [1.165, 1.54) is 173 Å². The Kier molecular flexibility index (Phi) is 31.5. The van der Waals surface area contributed by atoms with E-state index >= 15 is 0 Å². The maximum Gasteiger partial charge on any atom is 0.325 e. The Hall–Kier alpha value is 0.500. The summed E-state index contributed by atoms with van der Waals surface area (Å²) in [5, 5.41) is 0. The van der Waals surface area contributed by atoms with Gasteiger partial charge in [-0.2, -0.15) is 12.6 Å². The van der Waals surface area contributed by atoms with Crippen LogP contribution in [0.2, 0.25) is 0 Å². The van der Waals surface area contributed by atoms with Gasteiger partial charge in [0.05, 0.1) is 0 Å². The van der Waals surface area contributed by atoms with Crippen molar-refractivity contribution in [1.29, 1.82) is 0 Å². The fourth-order valence-corrected chi connectivity index (χ4v) is 6.24. The first-order valence-corrected chi connectivity index (χ1v) is 19.1. The molecule has 0 fully saturated rings. The van der Waals surface area contributed by atoms with Crippen LogP contribution in [0.25, 0.3) is 0 Å². The number of unbranched alkanes of at least 4 members (excludes halogenated alkanes) is 29. The van der Waals surface area contributed by atoms with Gasteiger partial charge in [-0.15, -0.1) is 0 Å². The summed E-state index contributed by atoms with van der Waals surface area (Å²) in [5.74, 6) is 1.06. The number of thiol groups is 1. The average molecular weight is 563 g/mol. The van der Waals surface area contributed by atoms with Gasteiger partial charge in [-0.05, 0) is 18.6 Å². The Labute approximate surface area is 238 Å². The fraction of sp³-hybridized carbons (Fsp3) is 1.00. The number of rotatable bonds is 32. The maximum atomic E-state index is 10.8. The molecule has 0 saturated carbocycles.